The van der Waals surface area contributed by atoms with Gasteiger partial charge in [0, 0.05) is 6.54 Å². The number of nitrogens with zero attached hydrogens (tertiary/aromatic N) is 1. The van der Waals surface area contributed by atoms with Crippen molar-refractivity contribution in [1.82, 2.24) is 10.4 Å². The van der Waals surface area contributed by atoms with Crippen LogP contribution in [-0.4, -0.2) is 41.1 Å². The first-order valence-corrected chi connectivity index (χ1v) is 8.26. The van der Waals surface area contributed by atoms with Crippen molar-refractivity contribution in [1.29, 1.82) is 0 Å². The Kier molecular flexibility index (Phi) is 5.64. The molecule has 140 valence electrons. The number of amides is 3. The third kappa shape index (κ3) is 4.59. The zero-order valence-corrected chi connectivity index (χ0v) is 15.2. The van der Waals surface area contributed by atoms with Crippen LogP contribution in [-0.2, 0) is 14.4 Å². The van der Waals surface area contributed by atoms with Crippen LogP contribution in [0.1, 0.15) is 54.8 Å². The fraction of sp³-hybridized carbons (Fsp3) is 0.444. The first-order chi connectivity index (χ1) is 12.1. The normalized spacial score (nSPS) is 14.7. The summed E-state index contributed by atoms with van der Waals surface area (Å²) in [5.41, 5.74) is -0.214. The van der Waals surface area contributed by atoms with E-state index in [1.807, 2.05) is 0 Å². The van der Waals surface area contributed by atoms with Gasteiger partial charge >= 0.3 is 12.1 Å². The molecular weight excluding hydrogens is 340 g/mol. The number of hydrogen-bond acceptors (Lipinski definition) is 6. The van der Waals surface area contributed by atoms with Gasteiger partial charge in [-0.15, -0.1) is 0 Å². The molecule has 1 aliphatic rings. The average molecular weight is 362 g/mol. The lowest BCUT2D eigenvalue weighted by Crippen LogP contribution is -2.36. The number of hydrogen-bond donors (Lipinski definition) is 1. The van der Waals surface area contributed by atoms with E-state index in [-0.39, 0.29) is 24.1 Å². The van der Waals surface area contributed by atoms with Crippen LogP contribution in [0.25, 0.3) is 0 Å². The van der Waals surface area contributed by atoms with Gasteiger partial charge in [0.05, 0.1) is 17.0 Å². The van der Waals surface area contributed by atoms with Gasteiger partial charge in [0.2, 0.25) is 0 Å². The highest BCUT2D eigenvalue weighted by Gasteiger charge is 2.39. The largest absolute Gasteiger partial charge is 0.444 e. The minimum absolute atomic E-state index is 0.188. The van der Waals surface area contributed by atoms with Gasteiger partial charge in [-0.2, -0.15) is 0 Å². The Morgan fingerprint density at radius 2 is 1.65 bits per heavy atom. The van der Waals surface area contributed by atoms with E-state index in [1.54, 1.807) is 39.8 Å². The van der Waals surface area contributed by atoms with Crippen molar-refractivity contribution in [2.45, 2.75) is 39.7 Å². The van der Waals surface area contributed by atoms with E-state index in [1.165, 1.54) is 12.1 Å². The van der Waals surface area contributed by atoms with Crippen LogP contribution >= 0.6 is 0 Å². The zero-order chi connectivity index (χ0) is 19.5. The van der Waals surface area contributed by atoms with Gasteiger partial charge in [0.15, 0.2) is 0 Å². The van der Waals surface area contributed by atoms with Crippen molar-refractivity contribution in [3.8, 4) is 0 Å². The van der Waals surface area contributed by atoms with E-state index < -0.39 is 35.4 Å². The molecule has 0 radical (unpaired) electrons. The summed E-state index contributed by atoms with van der Waals surface area (Å²) in [4.78, 5) is 53.0. The summed E-state index contributed by atoms with van der Waals surface area (Å²) in [5, 5.41) is 3.01. The quantitative estimate of drug-likeness (QED) is 0.807. The number of benzene rings is 1. The molecule has 0 bridgehead atoms. The number of alkyl carbamates (subject to hydrolysis) is 1. The monoisotopic (exact) mass is 362 g/mol. The van der Waals surface area contributed by atoms with Crippen LogP contribution in [0.15, 0.2) is 24.3 Å². The van der Waals surface area contributed by atoms with Crippen molar-refractivity contribution in [2.24, 2.45) is 5.92 Å². The van der Waals surface area contributed by atoms with Gasteiger partial charge in [-0.3, -0.25) is 9.59 Å². The van der Waals surface area contributed by atoms with E-state index in [0.29, 0.717) is 5.06 Å². The number of carbonyl (C=O) groups is 4. The zero-order valence-electron chi connectivity index (χ0n) is 15.2. The Labute approximate surface area is 151 Å². The second-order valence-electron chi connectivity index (χ2n) is 6.98. The molecule has 1 heterocycles. The van der Waals surface area contributed by atoms with Gasteiger partial charge in [-0.25, -0.2) is 9.59 Å². The molecule has 3 amide bonds. The predicted octanol–water partition coefficient (Wildman–Crippen LogP) is 2.29. The molecule has 1 aromatic rings. The van der Waals surface area contributed by atoms with Gasteiger partial charge in [0.25, 0.3) is 11.8 Å². The fourth-order valence-corrected chi connectivity index (χ4v) is 2.25. The first kappa shape index (κ1) is 19.4. The van der Waals surface area contributed by atoms with E-state index in [0.717, 1.165) is 0 Å². The molecule has 8 heteroatoms. The van der Waals surface area contributed by atoms with Gasteiger partial charge in [-0.05, 0) is 39.3 Å². The lowest BCUT2D eigenvalue weighted by atomic mass is 10.1. The molecule has 0 aromatic heterocycles. The van der Waals surface area contributed by atoms with Crippen molar-refractivity contribution < 1.29 is 28.8 Å². The highest BCUT2D eigenvalue weighted by atomic mass is 16.7. The Morgan fingerprint density at radius 3 is 2.15 bits per heavy atom. The summed E-state index contributed by atoms with van der Waals surface area (Å²) in [6.07, 6.45) is -0.320. The number of rotatable bonds is 5. The maximum Gasteiger partial charge on any atom is 0.407 e. The molecule has 0 saturated heterocycles. The Bertz CT molecular complexity index is 702. The third-order valence-corrected chi connectivity index (χ3v) is 3.59. The molecule has 1 aliphatic heterocycles. The number of fused-ring (bicyclic) bond motifs is 1. The van der Waals surface area contributed by atoms with Crippen LogP contribution in [0.2, 0.25) is 0 Å². The lowest BCUT2D eigenvalue weighted by molar-refractivity contribution is -0.173. The van der Waals surface area contributed by atoms with Crippen molar-refractivity contribution in [3.63, 3.8) is 0 Å². The molecule has 0 fully saturated rings. The fourth-order valence-electron chi connectivity index (χ4n) is 2.25. The maximum absolute atomic E-state index is 12.2. The predicted molar refractivity (Wildman–Crippen MR) is 91.1 cm³/mol. The van der Waals surface area contributed by atoms with Crippen LogP contribution in [0.4, 0.5) is 4.79 Å². The molecule has 0 aliphatic carbocycles. The number of ether oxygens (including phenoxy) is 1. The second-order valence-corrected chi connectivity index (χ2v) is 6.98. The summed E-state index contributed by atoms with van der Waals surface area (Å²) in [6.45, 7) is 7.00. The standard InChI is InChI=1S/C18H22N2O6/c1-11(9-10-19-17(24)25-18(2,3)4)16(23)26-20-14(21)12-7-5-6-8-13(12)15(20)22/h5-8,11H,9-10H2,1-4H3,(H,19,24). The molecule has 26 heavy (non-hydrogen) atoms. The lowest BCUT2D eigenvalue weighted by Gasteiger charge is -2.20. The summed E-state index contributed by atoms with van der Waals surface area (Å²) < 4.78 is 5.09. The number of hydroxylamine groups is 2. The first-order valence-electron chi connectivity index (χ1n) is 8.26. The van der Waals surface area contributed by atoms with Crippen molar-refractivity contribution in [3.05, 3.63) is 35.4 Å². The van der Waals surface area contributed by atoms with Crippen molar-refractivity contribution >= 4 is 23.9 Å². The summed E-state index contributed by atoms with van der Waals surface area (Å²) >= 11 is 0. The topological polar surface area (TPSA) is 102 Å². The average Bonchev–Trinajstić information content (AvgIpc) is 2.78. The molecule has 1 aromatic carbocycles. The van der Waals surface area contributed by atoms with E-state index in [4.69, 9.17) is 9.57 Å². The molecule has 1 atom stereocenters. The number of carbonyl (C=O) groups excluding carboxylic acids is 4. The minimum atomic E-state index is -0.731. The molecular formula is C18H22N2O6. The SMILES string of the molecule is CC(CCNC(=O)OC(C)(C)C)C(=O)ON1C(=O)c2ccccc2C1=O. The number of nitrogens with one attached hydrogen (secondary N) is 1. The van der Waals surface area contributed by atoms with E-state index >= 15 is 0 Å². The van der Waals surface area contributed by atoms with E-state index in [2.05, 4.69) is 5.32 Å². The highest BCUT2D eigenvalue weighted by Crippen LogP contribution is 2.23. The third-order valence-electron chi connectivity index (χ3n) is 3.59. The van der Waals surface area contributed by atoms with E-state index in [9.17, 15) is 19.2 Å². The van der Waals surface area contributed by atoms with Gasteiger partial charge in [-0.1, -0.05) is 24.1 Å². The molecule has 0 spiro atoms. The summed E-state index contributed by atoms with van der Waals surface area (Å²) in [7, 11) is 0. The Balaban J connectivity index is 1.84. The minimum Gasteiger partial charge on any atom is -0.444 e. The Hall–Kier alpha value is -2.90. The smallest absolute Gasteiger partial charge is 0.407 e. The van der Waals surface area contributed by atoms with Crippen LogP contribution < -0.4 is 5.32 Å². The van der Waals surface area contributed by atoms with Crippen LogP contribution in [0.5, 0.6) is 0 Å². The number of imide groups is 1. The van der Waals surface area contributed by atoms with Gasteiger partial charge < -0.3 is 14.9 Å². The second kappa shape index (κ2) is 7.55. The molecule has 0 saturated carbocycles. The molecule has 2 rings (SSSR count). The molecule has 1 unspecified atom stereocenters. The Morgan fingerprint density at radius 1 is 1.12 bits per heavy atom. The maximum atomic E-state index is 12.2. The highest BCUT2D eigenvalue weighted by molar-refractivity contribution is 6.20. The molecule has 8 nitrogen and oxygen atoms in total. The van der Waals surface area contributed by atoms with Crippen molar-refractivity contribution in [2.75, 3.05) is 6.54 Å². The van der Waals surface area contributed by atoms with Crippen LogP contribution in [0.3, 0.4) is 0 Å². The summed E-state index contributed by atoms with van der Waals surface area (Å²) in [6, 6.07) is 6.25. The summed E-state index contributed by atoms with van der Waals surface area (Å²) in [5.74, 6) is -2.70. The molecule has 1 N–H and O–H groups in total. The van der Waals surface area contributed by atoms with Crippen LogP contribution in [0, 0.1) is 5.92 Å². The van der Waals surface area contributed by atoms with Gasteiger partial charge in [0.1, 0.15) is 5.60 Å².